The normalized spacial score (nSPS) is 18.6. The molecule has 4 heteroatoms. The Balaban J connectivity index is 2.32. The minimum atomic E-state index is -0.433. The number of carbonyl (C=O) groups excluding carboxylic acids is 1. The fraction of sp³-hybridized carbons (Fsp3) is 0.917. The van der Waals surface area contributed by atoms with Crippen LogP contribution in [0.2, 0.25) is 0 Å². The number of amides is 1. The van der Waals surface area contributed by atoms with Crippen molar-refractivity contribution in [3.63, 3.8) is 0 Å². The van der Waals surface area contributed by atoms with Gasteiger partial charge in [-0.2, -0.15) is 0 Å². The summed E-state index contributed by atoms with van der Waals surface area (Å²) in [6, 6.07) is 0.460. The van der Waals surface area contributed by atoms with Gasteiger partial charge in [0.2, 0.25) is 0 Å². The van der Waals surface area contributed by atoms with Crippen molar-refractivity contribution >= 4 is 6.09 Å². The molecule has 0 bridgehead atoms. The Hall–Kier alpha value is -0.770. The summed E-state index contributed by atoms with van der Waals surface area (Å²) >= 11 is 0. The number of hydrogen-bond donors (Lipinski definition) is 1. The lowest BCUT2D eigenvalue weighted by Gasteiger charge is -2.31. The molecular formula is C12H24N2O2. The average molecular weight is 228 g/mol. The second-order valence-corrected chi connectivity index (χ2v) is 5.52. The van der Waals surface area contributed by atoms with Crippen LogP contribution in [0.5, 0.6) is 0 Å². The highest BCUT2D eigenvalue weighted by molar-refractivity contribution is 5.67. The van der Waals surface area contributed by atoms with E-state index in [1.807, 2.05) is 32.8 Å². The van der Waals surface area contributed by atoms with Crippen LogP contribution in [0.25, 0.3) is 0 Å². The van der Waals surface area contributed by atoms with Gasteiger partial charge in [-0.05, 0) is 33.6 Å². The van der Waals surface area contributed by atoms with E-state index in [2.05, 4.69) is 5.43 Å². The molecule has 0 aliphatic heterocycles. The van der Waals surface area contributed by atoms with Gasteiger partial charge < -0.3 is 4.74 Å². The largest absolute Gasteiger partial charge is 0.443 e. The molecule has 1 amide bonds. The second kappa shape index (κ2) is 5.53. The lowest BCUT2D eigenvalue weighted by molar-refractivity contribution is 0.0270. The van der Waals surface area contributed by atoms with Crippen molar-refractivity contribution in [3.8, 4) is 0 Å². The van der Waals surface area contributed by atoms with Crippen molar-refractivity contribution in [3.05, 3.63) is 0 Å². The molecule has 4 nitrogen and oxygen atoms in total. The van der Waals surface area contributed by atoms with E-state index in [1.165, 1.54) is 19.3 Å². The Bertz CT molecular complexity index is 230. The Morgan fingerprint density at radius 3 is 2.31 bits per heavy atom. The van der Waals surface area contributed by atoms with Gasteiger partial charge in [-0.15, -0.1) is 0 Å². The third-order valence-electron chi connectivity index (χ3n) is 2.79. The summed E-state index contributed by atoms with van der Waals surface area (Å²) in [6.45, 7) is 5.60. The van der Waals surface area contributed by atoms with Crippen LogP contribution in [0.15, 0.2) is 0 Å². The van der Waals surface area contributed by atoms with Gasteiger partial charge in [0.25, 0.3) is 0 Å². The Morgan fingerprint density at radius 2 is 1.81 bits per heavy atom. The molecule has 0 atom stereocenters. The highest BCUT2D eigenvalue weighted by Crippen LogP contribution is 2.20. The first-order valence-electron chi connectivity index (χ1n) is 6.11. The van der Waals surface area contributed by atoms with Gasteiger partial charge in [-0.1, -0.05) is 19.3 Å². The molecule has 0 aromatic carbocycles. The predicted molar refractivity (Wildman–Crippen MR) is 64.0 cm³/mol. The molecule has 0 radical (unpaired) electrons. The van der Waals surface area contributed by atoms with Crippen molar-refractivity contribution in [1.82, 2.24) is 10.4 Å². The minimum absolute atomic E-state index is 0.361. The zero-order valence-electron chi connectivity index (χ0n) is 10.9. The fourth-order valence-corrected chi connectivity index (χ4v) is 2.00. The van der Waals surface area contributed by atoms with Crippen LogP contribution in [-0.2, 0) is 4.74 Å². The van der Waals surface area contributed by atoms with Crippen LogP contribution in [0.1, 0.15) is 52.9 Å². The topological polar surface area (TPSA) is 41.6 Å². The van der Waals surface area contributed by atoms with Crippen LogP contribution in [-0.4, -0.2) is 29.8 Å². The maximum Gasteiger partial charge on any atom is 0.422 e. The fourth-order valence-electron chi connectivity index (χ4n) is 2.00. The number of nitrogens with zero attached hydrogens (tertiary/aromatic N) is 1. The van der Waals surface area contributed by atoms with Crippen molar-refractivity contribution in [2.45, 2.75) is 64.5 Å². The van der Waals surface area contributed by atoms with Gasteiger partial charge in [-0.25, -0.2) is 9.80 Å². The van der Waals surface area contributed by atoms with Crippen molar-refractivity contribution in [1.29, 1.82) is 0 Å². The summed E-state index contributed by atoms with van der Waals surface area (Å²) in [4.78, 5) is 11.5. The summed E-state index contributed by atoms with van der Waals surface area (Å²) < 4.78 is 5.21. The number of carbonyl (C=O) groups is 1. The van der Waals surface area contributed by atoms with Crippen LogP contribution < -0.4 is 5.43 Å². The summed E-state index contributed by atoms with van der Waals surface area (Å²) in [6.07, 6.45) is 5.78. The van der Waals surface area contributed by atoms with Crippen LogP contribution in [0.4, 0.5) is 4.79 Å². The quantitative estimate of drug-likeness (QED) is 0.739. The molecule has 1 aliphatic rings. The zero-order chi connectivity index (χ0) is 12.2. The molecule has 1 fully saturated rings. The van der Waals surface area contributed by atoms with Gasteiger partial charge in [0.05, 0.1) is 0 Å². The lowest BCUT2D eigenvalue weighted by Crippen LogP contribution is -2.48. The molecular weight excluding hydrogens is 204 g/mol. The molecule has 1 aliphatic carbocycles. The number of nitrogens with one attached hydrogen (secondary N) is 1. The molecule has 0 aromatic heterocycles. The smallest absolute Gasteiger partial charge is 0.422 e. The molecule has 0 aromatic rings. The summed E-state index contributed by atoms with van der Waals surface area (Å²) in [7, 11) is 1.92. The van der Waals surface area contributed by atoms with E-state index in [1.54, 1.807) is 0 Å². The SMILES string of the molecule is CN(NC(=O)OC(C)(C)C)C1CCCCC1. The maximum atomic E-state index is 11.5. The van der Waals surface area contributed by atoms with E-state index in [-0.39, 0.29) is 6.09 Å². The highest BCUT2D eigenvalue weighted by Gasteiger charge is 2.22. The third-order valence-corrected chi connectivity index (χ3v) is 2.79. The predicted octanol–water partition coefficient (Wildman–Crippen LogP) is 2.69. The highest BCUT2D eigenvalue weighted by atomic mass is 16.6. The van der Waals surface area contributed by atoms with E-state index >= 15 is 0 Å². The first-order chi connectivity index (χ1) is 7.38. The molecule has 16 heavy (non-hydrogen) atoms. The van der Waals surface area contributed by atoms with E-state index in [4.69, 9.17) is 4.74 Å². The van der Waals surface area contributed by atoms with E-state index in [0.29, 0.717) is 6.04 Å². The van der Waals surface area contributed by atoms with Crippen molar-refractivity contribution in [2.24, 2.45) is 0 Å². The Labute approximate surface area is 98.3 Å². The second-order valence-electron chi connectivity index (χ2n) is 5.52. The van der Waals surface area contributed by atoms with Gasteiger partial charge in [0.1, 0.15) is 5.60 Å². The van der Waals surface area contributed by atoms with Gasteiger partial charge >= 0.3 is 6.09 Å². The minimum Gasteiger partial charge on any atom is -0.443 e. The molecule has 0 spiro atoms. The Morgan fingerprint density at radius 1 is 1.25 bits per heavy atom. The number of rotatable bonds is 2. The van der Waals surface area contributed by atoms with Crippen molar-refractivity contribution < 1.29 is 9.53 Å². The van der Waals surface area contributed by atoms with E-state index < -0.39 is 5.60 Å². The molecule has 1 saturated carbocycles. The lowest BCUT2D eigenvalue weighted by atomic mass is 9.95. The van der Waals surface area contributed by atoms with Crippen LogP contribution >= 0.6 is 0 Å². The average Bonchev–Trinajstić information content (AvgIpc) is 2.16. The molecule has 94 valence electrons. The summed E-state index contributed by atoms with van der Waals surface area (Å²) in [5, 5.41) is 1.90. The molecule has 0 unspecified atom stereocenters. The van der Waals surface area contributed by atoms with Gasteiger partial charge in [-0.3, -0.25) is 5.43 Å². The van der Waals surface area contributed by atoms with Gasteiger partial charge in [0.15, 0.2) is 0 Å². The molecule has 1 rings (SSSR count). The standard InChI is InChI=1S/C12H24N2O2/c1-12(2,3)16-11(15)13-14(4)10-8-6-5-7-9-10/h10H,5-9H2,1-4H3,(H,13,15). The monoisotopic (exact) mass is 228 g/mol. The van der Waals surface area contributed by atoms with Gasteiger partial charge in [0, 0.05) is 13.1 Å². The first-order valence-corrected chi connectivity index (χ1v) is 6.11. The number of ether oxygens (including phenoxy) is 1. The van der Waals surface area contributed by atoms with E-state index in [9.17, 15) is 4.79 Å². The first kappa shape index (κ1) is 13.3. The molecule has 0 heterocycles. The Kier molecular flexibility index (Phi) is 4.59. The third kappa shape index (κ3) is 4.84. The summed E-state index contributed by atoms with van der Waals surface area (Å²) in [5.41, 5.74) is 2.35. The molecule has 0 saturated heterocycles. The number of hydrogen-bond acceptors (Lipinski definition) is 3. The van der Waals surface area contributed by atoms with Crippen LogP contribution in [0.3, 0.4) is 0 Å². The summed E-state index contributed by atoms with van der Waals surface area (Å²) in [5.74, 6) is 0. The van der Waals surface area contributed by atoms with E-state index in [0.717, 1.165) is 12.8 Å². The zero-order valence-corrected chi connectivity index (χ0v) is 10.9. The van der Waals surface area contributed by atoms with Crippen molar-refractivity contribution in [2.75, 3.05) is 7.05 Å². The molecule has 1 N–H and O–H groups in total. The van der Waals surface area contributed by atoms with Crippen LogP contribution in [0, 0.1) is 0 Å². The maximum absolute atomic E-state index is 11.5. The number of hydrazine groups is 1.